The Kier molecular flexibility index (Phi) is 26.6. The summed E-state index contributed by atoms with van der Waals surface area (Å²) < 4.78 is 63.8. The van der Waals surface area contributed by atoms with Crippen LogP contribution in [0, 0.1) is 46.7 Å². The van der Waals surface area contributed by atoms with Crippen LogP contribution >= 0.6 is 23.2 Å². The number of alkyl halides is 3. The van der Waals surface area contributed by atoms with E-state index < -0.39 is 6.36 Å². The number of anilines is 2. The third-order valence-corrected chi connectivity index (χ3v) is 18.2. The van der Waals surface area contributed by atoms with Crippen molar-refractivity contribution in [1.82, 2.24) is 18.9 Å². The topological polar surface area (TPSA) is 113 Å². The highest BCUT2D eigenvalue weighted by Gasteiger charge is 2.31. The summed E-state index contributed by atoms with van der Waals surface area (Å²) in [6, 6.07) is 80.8. The maximum atomic E-state index is 13.0. The number of aromatic nitrogens is 4. The molecule has 13 aromatic rings. The molecule has 10 aromatic carbocycles. The van der Waals surface area contributed by atoms with Gasteiger partial charge in [0.1, 0.15) is 17.3 Å². The van der Waals surface area contributed by atoms with Gasteiger partial charge in [-0.1, -0.05) is 152 Å². The SMILES string of the molecule is C=C1C=CC(c2ccc(Cl)cc2)=CN1c1ccc(OC(F)(F)F)cc1.C=C1C=CC(c2ccc(Cl)cc2)=CN1c1ccc(OCC)cc1C.Cc1cccc(-n2nc(-c3ccc(F)cc3)ccc2=O)c1.[C-]#[N+]c1ccc(-c2ccc(=O)n(-c3cccc(C)c3)c2)cc1.[C-]#[N+]c1cccc(-c2ccc(=O)n(-c3cccc(C)c3)c2)c1. The highest BCUT2D eigenvalue weighted by molar-refractivity contribution is 6.31. The van der Waals surface area contributed by atoms with Gasteiger partial charge in [0.2, 0.25) is 0 Å². The van der Waals surface area contributed by atoms with Crippen LogP contribution in [0.1, 0.15) is 40.3 Å². The van der Waals surface area contributed by atoms with Crippen LogP contribution in [0.15, 0.2) is 361 Å². The Morgan fingerprint density at radius 1 is 0.439 bits per heavy atom. The Morgan fingerprint density at radius 3 is 1.42 bits per heavy atom. The van der Waals surface area contributed by atoms with Crippen molar-refractivity contribution in [2.75, 3.05) is 16.4 Å². The van der Waals surface area contributed by atoms with E-state index in [1.165, 1.54) is 35.0 Å². The number of hydrogen-bond acceptors (Lipinski definition) is 8. The van der Waals surface area contributed by atoms with Crippen LogP contribution in [0.4, 0.5) is 40.3 Å². The molecule has 0 N–H and O–H groups in total. The lowest BCUT2D eigenvalue weighted by Gasteiger charge is -2.27. The van der Waals surface area contributed by atoms with E-state index in [9.17, 15) is 31.9 Å². The predicted octanol–water partition coefficient (Wildman–Crippen LogP) is 24.2. The first-order chi connectivity index (χ1) is 54.9. The number of aryl methyl sites for hydroxylation is 4. The fourth-order valence-electron chi connectivity index (χ4n) is 12.0. The van der Waals surface area contributed by atoms with Gasteiger partial charge in [-0.3, -0.25) is 23.5 Å². The molecule has 2 aliphatic rings. The third-order valence-electron chi connectivity index (χ3n) is 17.7. The molecule has 3 aromatic heterocycles. The Hall–Kier alpha value is -14.1. The number of hydrogen-bond donors (Lipinski definition) is 0. The molecule has 0 atom stereocenters. The second-order valence-corrected chi connectivity index (χ2v) is 26.9. The lowest BCUT2D eigenvalue weighted by atomic mass is 10.0. The maximum Gasteiger partial charge on any atom is 0.573 e. The second kappa shape index (κ2) is 37.5. The molecule has 5 heterocycles. The van der Waals surface area contributed by atoms with Crippen LogP contribution in [0.5, 0.6) is 11.5 Å². The molecule has 114 heavy (non-hydrogen) atoms. The summed E-state index contributed by atoms with van der Waals surface area (Å²) in [6.07, 6.45) is 10.8. The van der Waals surface area contributed by atoms with E-state index in [-0.39, 0.29) is 28.2 Å². The van der Waals surface area contributed by atoms with Gasteiger partial charge in [0.05, 0.1) is 31.1 Å². The monoisotopic (exact) mass is 1550 g/mol. The molecular weight excluding hydrogens is 1480 g/mol. The first kappa shape index (κ1) is 80.9. The van der Waals surface area contributed by atoms with Crippen molar-refractivity contribution in [3.8, 4) is 62.1 Å². The highest BCUT2D eigenvalue weighted by atomic mass is 35.5. The molecule has 0 amide bonds. The zero-order valence-electron chi connectivity index (χ0n) is 62.6. The van der Waals surface area contributed by atoms with E-state index in [1.807, 2.05) is 216 Å². The van der Waals surface area contributed by atoms with Crippen LogP contribution in [-0.4, -0.2) is 31.9 Å². The fraction of sp³-hybridized carbons (Fsp3) is 0.0737. The first-order valence-corrected chi connectivity index (χ1v) is 36.5. The Morgan fingerprint density at radius 2 is 0.904 bits per heavy atom. The van der Waals surface area contributed by atoms with Crippen molar-refractivity contribution in [1.29, 1.82) is 0 Å². The Bertz CT molecular complexity index is 6070. The summed E-state index contributed by atoms with van der Waals surface area (Å²) in [5, 5.41) is 5.75. The van der Waals surface area contributed by atoms with E-state index in [0.717, 1.165) is 106 Å². The minimum Gasteiger partial charge on any atom is -0.494 e. The van der Waals surface area contributed by atoms with Crippen LogP contribution in [-0.2, 0) is 0 Å². The molecule has 566 valence electrons. The molecule has 0 spiro atoms. The second-order valence-electron chi connectivity index (χ2n) is 26.1. The van der Waals surface area contributed by atoms with Gasteiger partial charge in [0, 0.05) is 92.7 Å². The van der Waals surface area contributed by atoms with Crippen LogP contribution in [0.3, 0.4) is 0 Å². The van der Waals surface area contributed by atoms with E-state index in [4.69, 9.17) is 41.1 Å². The Balaban J connectivity index is 0.000000141. The molecule has 15 rings (SSSR count). The van der Waals surface area contributed by atoms with Crippen LogP contribution in [0.2, 0.25) is 10.0 Å². The lowest BCUT2D eigenvalue weighted by Crippen LogP contribution is -2.20. The van der Waals surface area contributed by atoms with Crippen molar-refractivity contribution in [2.24, 2.45) is 0 Å². The van der Waals surface area contributed by atoms with Gasteiger partial charge in [0.15, 0.2) is 11.4 Å². The van der Waals surface area contributed by atoms with Gasteiger partial charge >= 0.3 is 6.36 Å². The molecule has 2 aliphatic heterocycles. The van der Waals surface area contributed by atoms with Crippen molar-refractivity contribution in [3.63, 3.8) is 0 Å². The van der Waals surface area contributed by atoms with E-state index in [2.05, 4.69) is 68.9 Å². The largest absolute Gasteiger partial charge is 0.573 e. The molecule has 0 bridgehead atoms. The number of halogens is 6. The number of benzene rings is 10. The molecule has 19 heteroatoms. The van der Waals surface area contributed by atoms with E-state index in [1.54, 1.807) is 92.9 Å². The van der Waals surface area contributed by atoms with Gasteiger partial charge in [-0.2, -0.15) is 9.78 Å². The van der Waals surface area contributed by atoms with Gasteiger partial charge in [0.25, 0.3) is 16.7 Å². The highest BCUT2D eigenvalue weighted by Crippen LogP contribution is 2.36. The molecule has 13 nitrogen and oxygen atoms in total. The van der Waals surface area contributed by atoms with E-state index in [0.29, 0.717) is 45.8 Å². The molecule has 0 saturated heterocycles. The number of ether oxygens (including phenoxy) is 2. The minimum absolute atomic E-state index is 0.0628. The smallest absolute Gasteiger partial charge is 0.494 e. The van der Waals surface area contributed by atoms with Gasteiger partial charge in [-0.25, -0.2) is 14.1 Å². The van der Waals surface area contributed by atoms with Crippen LogP contribution < -0.4 is 36.0 Å². The summed E-state index contributed by atoms with van der Waals surface area (Å²) in [5.74, 6) is 0.320. The third kappa shape index (κ3) is 21.7. The summed E-state index contributed by atoms with van der Waals surface area (Å²) >= 11 is 11.9. The fourth-order valence-corrected chi connectivity index (χ4v) is 12.3. The quantitative estimate of drug-likeness (QED) is 0.0829. The summed E-state index contributed by atoms with van der Waals surface area (Å²) in [5.41, 5.74) is 20.3. The number of pyridine rings is 2. The average molecular weight is 1550 g/mol. The molecule has 0 saturated carbocycles. The number of rotatable bonds is 13. The number of nitrogens with zero attached hydrogens (tertiary/aromatic N) is 8. The average Bonchev–Trinajstić information content (AvgIpc) is 0.839. The normalized spacial score (nSPS) is 12.0. The molecule has 0 fully saturated rings. The predicted molar refractivity (Wildman–Crippen MR) is 453 cm³/mol. The minimum atomic E-state index is -4.71. The summed E-state index contributed by atoms with van der Waals surface area (Å²) in [6.45, 7) is 32.9. The lowest BCUT2D eigenvalue weighted by molar-refractivity contribution is -0.274. The van der Waals surface area contributed by atoms with Crippen molar-refractivity contribution >= 4 is 57.1 Å². The van der Waals surface area contributed by atoms with Gasteiger partial charge in [-0.05, 0) is 265 Å². The van der Waals surface area contributed by atoms with E-state index >= 15 is 0 Å². The standard InChI is InChI=1S/C21H20ClNO.C19H13ClF3NO.2C19H14N2O.C17H13FN2O/c1-4-24-20-11-12-21(15(2)13-20)23-14-18(6-5-16(23)3)17-7-9-19(22)10-8-17;1-13-2-3-15(14-4-6-16(20)7-5-14)12-24(13)17-8-10-18(11-9-17)25-19(21,22)23;1-14-5-3-8-18(11-14)21-13-16(9-10-19(21)22)15-6-4-7-17(12-15)20-2;1-14-4-3-5-18(12-14)21-13-16(8-11-19(21)22)15-6-9-17(20-2)10-7-15;1-12-3-2-4-15(11-12)20-17(21)10-9-16(19-20)13-5-7-14(18)8-6-13/h5-14H,3-4H2,1-2H3;2-12H,1H2;2*3-13H,1H3;2-11H,1H3. The Labute approximate surface area is 668 Å². The zero-order valence-corrected chi connectivity index (χ0v) is 64.1. The van der Waals surface area contributed by atoms with Gasteiger partial charge in [-0.15, -0.1) is 13.2 Å². The zero-order chi connectivity index (χ0) is 81.0. The number of allylic oxidation sites excluding steroid dienone is 6. The van der Waals surface area contributed by atoms with Crippen molar-refractivity contribution < 1.29 is 27.0 Å². The first-order valence-electron chi connectivity index (χ1n) is 35.7. The summed E-state index contributed by atoms with van der Waals surface area (Å²) in [7, 11) is 0. The summed E-state index contributed by atoms with van der Waals surface area (Å²) in [4.78, 5) is 47.0. The molecule has 0 unspecified atom stereocenters. The molecular formula is C95H74Cl2F4N8O5. The van der Waals surface area contributed by atoms with Crippen molar-refractivity contribution in [3.05, 3.63) is 450 Å². The van der Waals surface area contributed by atoms with Gasteiger partial charge < -0.3 is 19.3 Å². The molecule has 0 aliphatic carbocycles. The maximum absolute atomic E-state index is 13.0. The van der Waals surface area contributed by atoms with Crippen LogP contribution in [0.25, 0.3) is 71.4 Å². The van der Waals surface area contributed by atoms with Crippen molar-refractivity contribution in [2.45, 2.75) is 41.0 Å². The molecule has 0 radical (unpaired) electrons.